The minimum Gasteiger partial charge on any atom is -0.326 e. The van der Waals surface area contributed by atoms with Gasteiger partial charge in [-0.3, -0.25) is 4.98 Å². The molecule has 16 heavy (non-hydrogen) atoms. The van der Waals surface area contributed by atoms with Gasteiger partial charge in [-0.2, -0.15) is 0 Å². The first-order chi connectivity index (χ1) is 7.88. The molecule has 0 saturated carbocycles. The Balaban J connectivity index is 1.94. The molecule has 0 bridgehead atoms. The molecule has 0 radical (unpaired) electrons. The molecule has 0 aliphatic rings. The summed E-state index contributed by atoms with van der Waals surface area (Å²) in [6, 6.07) is 12.5. The van der Waals surface area contributed by atoms with Crippen LogP contribution in [0.4, 0.5) is 0 Å². The largest absolute Gasteiger partial charge is 0.326 e. The third kappa shape index (κ3) is 3.08. The van der Waals surface area contributed by atoms with Crippen LogP contribution in [-0.2, 0) is 12.3 Å². The van der Waals surface area contributed by atoms with Crippen LogP contribution in [0.15, 0.2) is 53.7 Å². The van der Waals surface area contributed by atoms with Gasteiger partial charge in [0.2, 0.25) is 0 Å². The van der Waals surface area contributed by atoms with E-state index in [1.807, 2.05) is 36.3 Å². The first kappa shape index (κ1) is 11.2. The van der Waals surface area contributed by atoms with Crippen LogP contribution < -0.4 is 5.73 Å². The summed E-state index contributed by atoms with van der Waals surface area (Å²) in [6.45, 7) is 0.609. The van der Waals surface area contributed by atoms with E-state index in [4.69, 9.17) is 5.73 Å². The van der Waals surface area contributed by atoms with E-state index in [1.54, 1.807) is 0 Å². The van der Waals surface area contributed by atoms with Crippen molar-refractivity contribution in [2.45, 2.75) is 17.2 Å². The Morgan fingerprint density at radius 2 is 1.56 bits per heavy atom. The summed E-state index contributed by atoms with van der Waals surface area (Å²) in [5.74, 6) is 0.981. The van der Waals surface area contributed by atoms with Crippen LogP contribution in [0.1, 0.15) is 11.1 Å². The van der Waals surface area contributed by atoms with E-state index in [0.29, 0.717) is 6.54 Å². The zero-order valence-electron chi connectivity index (χ0n) is 8.97. The molecule has 0 aliphatic carbocycles. The van der Waals surface area contributed by atoms with Gasteiger partial charge in [-0.15, -0.1) is 11.8 Å². The predicted molar refractivity (Wildman–Crippen MR) is 68.1 cm³/mol. The lowest BCUT2D eigenvalue weighted by Gasteiger charge is -2.02. The fourth-order valence-electron chi connectivity index (χ4n) is 1.37. The number of hydrogen-bond acceptors (Lipinski definition) is 3. The minimum atomic E-state index is 0.609. The van der Waals surface area contributed by atoms with Crippen molar-refractivity contribution in [3.05, 3.63) is 59.9 Å². The molecule has 0 fully saturated rings. The van der Waals surface area contributed by atoms with E-state index in [0.717, 1.165) is 5.75 Å². The van der Waals surface area contributed by atoms with E-state index >= 15 is 0 Å². The number of rotatable bonds is 4. The first-order valence-corrected chi connectivity index (χ1v) is 6.18. The van der Waals surface area contributed by atoms with E-state index in [1.165, 1.54) is 16.0 Å². The maximum absolute atomic E-state index is 5.55. The molecule has 0 atom stereocenters. The molecule has 0 amide bonds. The number of nitrogens with zero attached hydrogens (tertiary/aromatic N) is 1. The lowest BCUT2D eigenvalue weighted by Crippen LogP contribution is -1.95. The first-order valence-electron chi connectivity index (χ1n) is 5.19. The van der Waals surface area contributed by atoms with E-state index in [9.17, 15) is 0 Å². The second-order valence-corrected chi connectivity index (χ2v) is 4.54. The number of hydrogen-bond donors (Lipinski definition) is 1. The van der Waals surface area contributed by atoms with Gasteiger partial charge in [0.25, 0.3) is 0 Å². The van der Waals surface area contributed by atoms with Gasteiger partial charge in [-0.1, -0.05) is 24.3 Å². The molecule has 3 heteroatoms. The molecule has 0 aliphatic heterocycles. The van der Waals surface area contributed by atoms with Gasteiger partial charge in [0.1, 0.15) is 0 Å². The highest BCUT2D eigenvalue weighted by Gasteiger charge is 1.96. The summed E-state index contributed by atoms with van der Waals surface area (Å²) >= 11 is 1.82. The summed E-state index contributed by atoms with van der Waals surface area (Å²) in [6.07, 6.45) is 3.64. The molecule has 2 aromatic rings. The predicted octanol–water partition coefficient (Wildman–Crippen LogP) is 2.83. The van der Waals surface area contributed by atoms with Crippen molar-refractivity contribution < 1.29 is 0 Å². The molecule has 2 rings (SSSR count). The van der Waals surface area contributed by atoms with Gasteiger partial charge in [-0.25, -0.2) is 0 Å². The van der Waals surface area contributed by atoms with E-state index in [2.05, 4.69) is 29.2 Å². The monoisotopic (exact) mass is 230 g/mol. The molecule has 2 N–H and O–H groups in total. The fraction of sp³-hybridized carbons (Fsp3) is 0.154. The lowest BCUT2D eigenvalue weighted by atomic mass is 10.1. The zero-order valence-corrected chi connectivity index (χ0v) is 9.78. The van der Waals surface area contributed by atoms with Crippen molar-refractivity contribution >= 4 is 11.8 Å². The number of nitrogens with two attached hydrogens (primary N) is 1. The topological polar surface area (TPSA) is 38.9 Å². The molecular formula is C13H14N2S. The van der Waals surface area contributed by atoms with Crippen LogP contribution in [0, 0.1) is 0 Å². The van der Waals surface area contributed by atoms with Crippen molar-refractivity contribution in [3.8, 4) is 0 Å². The van der Waals surface area contributed by atoms with Gasteiger partial charge >= 0.3 is 0 Å². The average molecular weight is 230 g/mol. The maximum Gasteiger partial charge on any atom is 0.0278 e. The Hall–Kier alpha value is -1.32. The maximum atomic E-state index is 5.55. The third-order valence-electron chi connectivity index (χ3n) is 2.31. The molecule has 1 aromatic carbocycles. The Labute approximate surface area is 99.9 Å². The van der Waals surface area contributed by atoms with Gasteiger partial charge in [0.15, 0.2) is 0 Å². The second-order valence-electron chi connectivity index (χ2n) is 3.49. The molecule has 1 heterocycles. The zero-order chi connectivity index (χ0) is 11.2. The van der Waals surface area contributed by atoms with Crippen LogP contribution >= 0.6 is 11.8 Å². The van der Waals surface area contributed by atoms with Gasteiger partial charge in [-0.05, 0) is 23.3 Å². The molecule has 0 unspecified atom stereocenters. The molecule has 2 nitrogen and oxygen atoms in total. The van der Waals surface area contributed by atoms with Crippen LogP contribution in [0.3, 0.4) is 0 Å². The standard InChI is InChI=1S/C13H14N2S/c14-9-11-1-3-12(4-2-11)10-16-13-5-7-15-8-6-13/h1-8H,9-10,14H2. The summed E-state index contributed by atoms with van der Waals surface area (Å²) in [4.78, 5) is 5.24. The number of pyridine rings is 1. The molecule has 0 spiro atoms. The van der Waals surface area contributed by atoms with E-state index in [-0.39, 0.29) is 0 Å². The van der Waals surface area contributed by atoms with Gasteiger partial charge in [0, 0.05) is 29.6 Å². The molecular weight excluding hydrogens is 216 g/mol. The summed E-state index contributed by atoms with van der Waals surface area (Å²) in [5, 5.41) is 0. The van der Waals surface area contributed by atoms with Crippen LogP contribution in [-0.4, -0.2) is 4.98 Å². The average Bonchev–Trinajstić information content (AvgIpc) is 2.38. The number of aromatic nitrogens is 1. The summed E-state index contributed by atoms with van der Waals surface area (Å²) in [7, 11) is 0. The van der Waals surface area contributed by atoms with Gasteiger partial charge in [0.05, 0.1) is 0 Å². The Bertz CT molecular complexity index is 425. The Morgan fingerprint density at radius 1 is 0.938 bits per heavy atom. The third-order valence-corrected chi connectivity index (χ3v) is 3.40. The van der Waals surface area contributed by atoms with E-state index < -0.39 is 0 Å². The Kier molecular flexibility index (Phi) is 3.97. The van der Waals surface area contributed by atoms with Crippen molar-refractivity contribution in [1.29, 1.82) is 0 Å². The number of thioether (sulfide) groups is 1. The Morgan fingerprint density at radius 3 is 2.19 bits per heavy atom. The molecule has 82 valence electrons. The highest BCUT2D eigenvalue weighted by Crippen LogP contribution is 2.21. The van der Waals surface area contributed by atoms with Crippen molar-refractivity contribution in [2.75, 3.05) is 0 Å². The lowest BCUT2D eigenvalue weighted by molar-refractivity contribution is 1.07. The second kappa shape index (κ2) is 5.68. The highest BCUT2D eigenvalue weighted by molar-refractivity contribution is 7.98. The van der Waals surface area contributed by atoms with Gasteiger partial charge < -0.3 is 5.73 Å². The fourth-order valence-corrected chi connectivity index (χ4v) is 2.21. The molecule has 1 aromatic heterocycles. The summed E-state index contributed by atoms with van der Waals surface area (Å²) < 4.78 is 0. The van der Waals surface area contributed by atoms with Crippen LogP contribution in [0.2, 0.25) is 0 Å². The van der Waals surface area contributed by atoms with Crippen LogP contribution in [0.5, 0.6) is 0 Å². The minimum absolute atomic E-state index is 0.609. The molecule has 0 saturated heterocycles. The highest BCUT2D eigenvalue weighted by atomic mass is 32.2. The SMILES string of the molecule is NCc1ccc(CSc2ccncc2)cc1. The quantitative estimate of drug-likeness (QED) is 0.821. The van der Waals surface area contributed by atoms with Crippen molar-refractivity contribution in [2.24, 2.45) is 5.73 Å². The summed E-state index contributed by atoms with van der Waals surface area (Å²) in [5.41, 5.74) is 8.05. The number of benzene rings is 1. The van der Waals surface area contributed by atoms with Crippen molar-refractivity contribution in [3.63, 3.8) is 0 Å². The van der Waals surface area contributed by atoms with Crippen LogP contribution in [0.25, 0.3) is 0 Å². The van der Waals surface area contributed by atoms with Crippen molar-refractivity contribution in [1.82, 2.24) is 4.98 Å². The normalized spacial score (nSPS) is 10.3. The smallest absolute Gasteiger partial charge is 0.0278 e.